The number of nitrogens with one attached hydrogen (secondary N) is 1. The van der Waals surface area contributed by atoms with E-state index in [9.17, 15) is 22.8 Å². The first kappa shape index (κ1) is 17.3. The molecule has 1 unspecified atom stereocenters. The third kappa shape index (κ3) is 8.11. The third-order valence-electron chi connectivity index (χ3n) is 1.90. The van der Waals surface area contributed by atoms with E-state index in [-0.39, 0.29) is 0 Å². The van der Waals surface area contributed by atoms with E-state index in [0.29, 0.717) is 0 Å². The first-order valence-corrected chi connectivity index (χ1v) is 6.69. The van der Waals surface area contributed by atoms with Crippen molar-refractivity contribution in [2.75, 3.05) is 19.5 Å². The number of esters is 1. The highest BCUT2D eigenvalue weighted by Crippen LogP contribution is 1.97. The molecule has 0 fully saturated rings. The van der Waals surface area contributed by atoms with Crippen molar-refractivity contribution >= 4 is 28.0 Å². The van der Waals surface area contributed by atoms with E-state index in [2.05, 4.69) is 14.2 Å². The Morgan fingerprint density at radius 2 is 1.89 bits per heavy atom. The van der Waals surface area contributed by atoms with Gasteiger partial charge >= 0.3 is 11.9 Å². The maximum Gasteiger partial charge on any atom is 0.329 e. The smallest absolute Gasteiger partial charge is 0.329 e. The predicted octanol–water partition coefficient (Wildman–Crippen LogP) is -1.51. The van der Waals surface area contributed by atoms with Crippen LogP contribution in [0.3, 0.4) is 0 Å². The molecule has 1 amide bonds. The highest BCUT2D eigenvalue weighted by molar-refractivity contribution is 7.86. The lowest BCUT2D eigenvalue weighted by Crippen LogP contribution is -2.43. The molecule has 0 aliphatic carbocycles. The molecule has 0 aromatic carbocycles. The van der Waals surface area contributed by atoms with Gasteiger partial charge in [0, 0.05) is 6.92 Å². The summed E-state index contributed by atoms with van der Waals surface area (Å²) in [4.78, 5) is 32.5. The molecule has 0 spiro atoms. The molecule has 0 aliphatic rings. The van der Waals surface area contributed by atoms with Crippen molar-refractivity contribution in [1.82, 2.24) is 5.32 Å². The van der Waals surface area contributed by atoms with E-state index in [1.165, 1.54) is 0 Å². The van der Waals surface area contributed by atoms with Crippen molar-refractivity contribution < 1.29 is 36.8 Å². The van der Waals surface area contributed by atoms with Gasteiger partial charge < -0.3 is 15.2 Å². The Morgan fingerprint density at radius 1 is 1.32 bits per heavy atom. The summed E-state index contributed by atoms with van der Waals surface area (Å²) in [6, 6.07) is -1.37. The highest BCUT2D eigenvalue weighted by atomic mass is 32.2. The van der Waals surface area contributed by atoms with E-state index in [1.54, 1.807) is 0 Å². The van der Waals surface area contributed by atoms with Gasteiger partial charge in [0.25, 0.3) is 10.1 Å². The van der Waals surface area contributed by atoms with Crippen molar-refractivity contribution in [3.05, 3.63) is 0 Å². The molecule has 1 atom stereocenters. The van der Waals surface area contributed by atoms with Crippen molar-refractivity contribution in [3.8, 4) is 0 Å². The van der Waals surface area contributed by atoms with Crippen molar-refractivity contribution in [3.63, 3.8) is 0 Å². The second kappa shape index (κ2) is 7.69. The Bertz CT molecular complexity index is 443. The van der Waals surface area contributed by atoms with Crippen molar-refractivity contribution in [2.24, 2.45) is 0 Å². The maximum atomic E-state index is 11.2. The standard InChI is InChI=1S/C9H15NO8S/c1-6(11)10-7(9(13)14)5-18-8(12)3-4-19(15,16)17-2/h7H,3-5H2,1-2H3,(H,10,11)(H,13,14). The SMILES string of the molecule is COS(=O)(=O)CCC(=O)OCC(NC(C)=O)C(=O)O. The monoisotopic (exact) mass is 297 g/mol. The van der Waals surface area contributed by atoms with E-state index in [0.717, 1.165) is 14.0 Å². The zero-order valence-electron chi connectivity index (χ0n) is 10.4. The van der Waals surface area contributed by atoms with Gasteiger partial charge in [-0.15, -0.1) is 0 Å². The highest BCUT2D eigenvalue weighted by Gasteiger charge is 2.21. The number of carbonyl (C=O) groups excluding carboxylic acids is 2. The molecule has 0 saturated carbocycles. The molecule has 19 heavy (non-hydrogen) atoms. The molecule has 0 rings (SSSR count). The minimum Gasteiger partial charge on any atom is -0.480 e. The number of aliphatic carboxylic acids is 1. The van der Waals surface area contributed by atoms with Gasteiger partial charge in [-0.05, 0) is 0 Å². The molecule has 0 saturated heterocycles. The first-order chi connectivity index (χ1) is 8.68. The van der Waals surface area contributed by atoms with Crippen molar-refractivity contribution in [2.45, 2.75) is 19.4 Å². The fourth-order valence-electron chi connectivity index (χ4n) is 0.960. The molecule has 0 aliphatic heterocycles. The van der Waals surface area contributed by atoms with Crippen LogP contribution in [0, 0.1) is 0 Å². The number of carboxylic acid groups (broad SMARTS) is 1. The summed E-state index contributed by atoms with van der Waals surface area (Å²) in [5.41, 5.74) is 0. The number of hydrogen-bond acceptors (Lipinski definition) is 7. The van der Waals surface area contributed by atoms with Gasteiger partial charge in [-0.25, -0.2) is 4.79 Å². The second-order valence-corrected chi connectivity index (χ2v) is 5.31. The molecule has 0 aromatic heterocycles. The average molecular weight is 297 g/mol. The Morgan fingerprint density at radius 3 is 2.32 bits per heavy atom. The summed E-state index contributed by atoms with van der Waals surface area (Å²) >= 11 is 0. The molecule has 0 bridgehead atoms. The predicted molar refractivity (Wildman–Crippen MR) is 61.6 cm³/mol. The zero-order valence-corrected chi connectivity index (χ0v) is 11.2. The molecular formula is C9H15NO8S. The quantitative estimate of drug-likeness (QED) is 0.407. The van der Waals surface area contributed by atoms with Gasteiger partial charge in [0.05, 0.1) is 19.3 Å². The fourth-order valence-corrected chi connectivity index (χ4v) is 1.54. The topological polar surface area (TPSA) is 136 Å². The third-order valence-corrected chi connectivity index (χ3v) is 3.11. The largest absolute Gasteiger partial charge is 0.480 e. The summed E-state index contributed by atoms with van der Waals surface area (Å²) in [5, 5.41) is 10.8. The van der Waals surface area contributed by atoms with Crippen LogP contribution in [0.25, 0.3) is 0 Å². The number of carboxylic acids is 1. The lowest BCUT2D eigenvalue weighted by Gasteiger charge is -2.13. The van der Waals surface area contributed by atoms with E-state index in [4.69, 9.17) is 5.11 Å². The van der Waals surface area contributed by atoms with Crippen molar-refractivity contribution in [1.29, 1.82) is 0 Å². The van der Waals surface area contributed by atoms with Crippen LogP contribution < -0.4 is 5.32 Å². The molecule has 110 valence electrons. The van der Waals surface area contributed by atoms with Gasteiger partial charge in [0.15, 0.2) is 6.04 Å². The summed E-state index contributed by atoms with van der Waals surface area (Å²) in [6.45, 7) is 0.531. The lowest BCUT2D eigenvalue weighted by atomic mass is 10.3. The second-order valence-electron chi connectivity index (χ2n) is 3.45. The van der Waals surface area contributed by atoms with Gasteiger partial charge in [-0.2, -0.15) is 8.42 Å². The van der Waals surface area contributed by atoms with Gasteiger partial charge in [0.1, 0.15) is 6.61 Å². The Kier molecular flexibility index (Phi) is 7.01. The Hall–Kier alpha value is -1.68. The van der Waals surface area contributed by atoms with E-state index < -0.39 is 52.8 Å². The van der Waals surface area contributed by atoms with Crippen LogP contribution in [0.5, 0.6) is 0 Å². The van der Waals surface area contributed by atoms with Crippen LogP contribution in [0.2, 0.25) is 0 Å². The minimum atomic E-state index is -3.78. The van der Waals surface area contributed by atoms with Crippen LogP contribution >= 0.6 is 0 Å². The molecule has 10 heteroatoms. The number of ether oxygens (including phenoxy) is 1. The normalized spacial score (nSPS) is 12.5. The van der Waals surface area contributed by atoms with Gasteiger partial charge in [-0.3, -0.25) is 13.8 Å². The zero-order chi connectivity index (χ0) is 15.1. The summed E-state index contributed by atoms with van der Waals surface area (Å²) in [7, 11) is -2.82. The summed E-state index contributed by atoms with van der Waals surface area (Å²) < 4.78 is 30.5. The Labute approximate surface area is 110 Å². The molecule has 0 radical (unpaired) electrons. The minimum absolute atomic E-state index is 0.470. The fraction of sp³-hybridized carbons (Fsp3) is 0.667. The maximum absolute atomic E-state index is 11.2. The van der Waals surface area contributed by atoms with Crippen LogP contribution in [0.1, 0.15) is 13.3 Å². The van der Waals surface area contributed by atoms with Crippen LogP contribution in [0.4, 0.5) is 0 Å². The molecule has 9 nitrogen and oxygen atoms in total. The molecule has 0 heterocycles. The van der Waals surface area contributed by atoms with E-state index >= 15 is 0 Å². The van der Waals surface area contributed by atoms with Gasteiger partial charge in [0.2, 0.25) is 5.91 Å². The average Bonchev–Trinajstić information content (AvgIpc) is 2.31. The number of rotatable bonds is 8. The van der Waals surface area contributed by atoms with Crippen LogP contribution in [-0.2, 0) is 33.4 Å². The van der Waals surface area contributed by atoms with E-state index in [1.807, 2.05) is 0 Å². The summed E-state index contributed by atoms with van der Waals surface area (Å²) in [5.74, 6) is -3.43. The molecule has 2 N–H and O–H groups in total. The summed E-state index contributed by atoms with van der Waals surface area (Å²) in [6.07, 6.45) is -0.470. The Balaban J connectivity index is 4.19. The first-order valence-electron chi connectivity index (χ1n) is 5.11. The van der Waals surface area contributed by atoms with Gasteiger partial charge in [-0.1, -0.05) is 0 Å². The number of amides is 1. The van der Waals surface area contributed by atoms with Crippen LogP contribution in [-0.4, -0.2) is 56.9 Å². The number of hydrogen-bond donors (Lipinski definition) is 2. The molecule has 0 aromatic rings. The lowest BCUT2D eigenvalue weighted by molar-refractivity contribution is -0.150. The van der Waals surface area contributed by atoms with Crippen LogP contribution in [0.15, 0.2) is 0 Å². The molecular weight excluding hydrogens is 282 g/mol. The number of carbonyl (C=O) groups is 3.